The Bertz CT molecular complexity index is 3660. The second-order valence-corrected chi connectivity index (χ2v) is 32.0. The molecule has 5 amide bonds. The minimum atomic E-state index is -5.50. The summed E-state index contributed by atoms with van der Waals surface area (Å²) >= 11 is 0. The Hall–Kier alpha value is -4.47. The van der Waals surface area contributed by atoms with E-state index >= 15 is 0 Å². The van der Waals surface area contributed by atoms with Crippen LogP contribution in [0.5, 0.6) is 0 Å². The third-order valence-corrected chi connectivity index (χ3v) is 22.1. The van der Waals surface area contributed by atoms with E-state index < -0.39 is 386 Å². The van der Waals surface area contributed by atoms with Crippen LogP contribution in [0.25, 0.3) is 0 Å². The van der Waals surface area contributed by atoms with Gasteiger partial charge in [-0.15, -0.1) is 0 Å². The topological polar surface area (TPSA) is 875 Å². The van der Waals surface area contributed by atoms with Crippen LogP contribution in [0.3, 0.4) is 0 Å². The first-order chi connectivity index (χ1) is 57.8. The van der Waals surface area contributed by atoms with Crippen molar-refractivity contribution in [2.75, 3.05) is 59.5 Å². The summed E-state index contributed by atoms with van der Waals surface area (Å²) in [7, 11) is -11.0. The van der Waals surface area contributed by atoms with E-state index in [9.17, 15) is 162 Å². The van der Waals surface area contributed by atoms with Crippen molar-refractivity contribution in [3.8, 4) is 0 Å². The summed E-state index contributed by atoms with van der Waals surface area (Å²) in [6, 6.07) is -9.74. The van der Waals surface area contributed by atoms with Gasteiger partial charge in [0.05, 0.1) is 59.5 Å². The molecule has 9 heterocycles. The maximum Gasteiger partial charge on any atom is 0.397 e. The molecule has 712 valence electrons. The molecule has 0 bridgehead atoms. The van der Waals surface area contributed by atoms with Gasteiger partial charge in [-0.25, -0.2) is 8.37 Å². The molecule has 0 aromatic heterocycles. The molecule has 123 heavy (non-hydrogen) atoms. The first-order valence-corrected chi connectivity index (χ1v) is 40.7. The quantitative estimate of drug-likeness (QED) is 0.0266. The fourth-order valence-electron chi connectivity index (χ4n) is 15.3. The zero-order valence-electron chi connectivity index (χ0n) is 65.3. The summed E-state index contributed by atoms with van der Waals surface area (Å²) < 4.78 is 176. The van der Waals surface area contributed by atoms with Crippen LogP contribution in [0, 0.1) is 0 Å². The van der Waals surface area contributed by atoms with Crippen molar-refractivity contribution in [2.45, 2.75) is 311 Å². The van der Waals surface area contributed by atoms with Gasteiger partial charge < -0.3 is 219 Å². The summed E-state index contributed by atoms with van der Waals surface area (Å²) in [6.07, 6.45) is -88.5. The largest absolute Gasteiger partial charge is 0.397 e. The molecule has 59 heteroatoms. The maximum atomic E-state index is 13.1. The van der Waals surface area contributed by atoms with Gasteiger partial charge in [0, 0.05) is 34.6 Å². The predicted molar refractivity (Wildman–Crippen MR) is 376 cm³/mol. The summed E-state index contributed by atoms with van der Waals surface area (Å²) in [4.78, 5) is 63.8. The Labute approximate surface area is 696 Å². The Morgan fingerprint density at radius 3 is 0.854 bits per heavy atom. The van der Waals surface area contributed by atoms with Crippen molar-refractivity contribution in [3.05, 3.63) is 0 Å². The molecule has 45 atom stereocenters. The van der Waals surface area contributed by atoms with Crippen molar-refractivity contribution >= 4 is 50.3 Å². The van der Waals surface area contributed by atoms with Gasteiger partial charge >= 0.3 is 20.8 Å². The predicted octanol–water partition coefficient (Wildman–Crippen LogP) is -20.3. The molecule has 0 aliphatic carbocycles. The maximum absolute atomic E-state index is 13.1. The average molecular weight is 1840 g/mol. The molecule has 9 aliphatic heterocycles. The number of hydrogen-bond donors (Lipinski definition) is 29. The fraction of sp³-hybridized carbons (Fsp3) is 0.922. The third-order valence-electron chi connectivity index (χ3n) is 21.2. The van der Waals surface area contributed by atoms with E-state index in [1.54, 1.807) is 0 Å². The van der Waals surface area contributed by atoms with Crippen LogP contribution in [0.15, 0.2) is 0 Å². The van der Waals surface area contributed by atoms with E-state index in [0.29, 0.717) is 0 Å². The average Bonchev–Trinajstić information content (AvgIpc) is 0.775. The number of amides is 5. The molecular formula is C64H107N5O52S2. The van der Waals surface area contributed by atoms with Gasteiger partial charge in [0.15, 0.2) is 56.6 Å². The first kappa shape index (κ1) is 102. The second kappa shape index (κ2) is 44.0. The monoisotopic (exact) mass is 1840 g/mol. The van der Waals surface area contributed by atoms with E-state index in [0.717, 1.165) is 34.6 Å². The summed E-state index contributed by atoms with van der Waals surface area (Å²) in [5.74, 6) is -4.83. The Kier molecular flexibility index (Phi) is 36.6. The normalized spacial score (nSPS) is 45.8. The van der Waals surface area contributed by atoms with E-state index in [4.69, 9.17) is 80.5 Å². The molecule has 0 aromatic carbocycles. The Morgan fingerprint density at radius 1 is 0.252 bits per heavy atom. The van der Waals surface area contributed by atoms with E-state index in [-0.39, 0.29) is 0 Å². The molecule has 0 radical (unpaired) electrons. The molecular weight excluding hydrogens is 1730 g/mol. The number of aliphatic hydroxyl groups excluding tert-OH is 22. The zero-order valence-corrected chi connectivity index (χ0v) is 67.0. The zero-order chi connectivity index (χ0) is 91.2. The second-order valence-electron chi connectivity index (χ2n) is 29.9. The van der Waals surface area contributed by atoms with Crippen LogP contribution < -0.4 is 26.6 Å². The standard InChI is InChI=1S/C64H107N5O52S2/c1-15(78)65-29-38(87)47(23(9-73)104-56(29)96)113-57-30(66-16(2)79)40(89)49(25(11-75)108-57)115-61-45(94)52(117-64-55(44(93)35(84)21(7-71)107-64)119-60-31(67-17(3)80)39(88)48(24(10-74)109-60)114-58-33(69-19(5)82)42(91)51(27(13-77)111-58)120-122(97,98)99)37(86)28(112-61)14-103-63-54(43(92)34(83)20(6-70)106-63)118-59-32(68-18(4)81)41(90)50(26(12-76)110-59)116-62-46(95)53(121-123(100,101)102)36(85)22(8-72)105-62/h20-64,70-77,83-96H,6-14H2,1-5H3,(H,65,78)(H,66,79)(H,67,80)(H,68,81)(H,69,82)(H,97,98,99)(H,100,101,102)/t20-,21-,22-,23-,24-,25-,26-,27-,28-,29-,30-,31-,32-,33-,34-,35-,36+,37-,38-,39-,40-,41-,42-,43+,44+,45+,46-,47-,48-,49-,50-,51+,52+,53+,54+,55+,56-,57+,58+,59+,60+,61+,62+,63+,64-/m1/s1. The highest BCUT2D eigenvalue weighted by Crippen LogP contribution is 2.41. The smallest absolute Gasteiger partial charge is 0.394 e. The highest BCUT2D eigenvalue weighted by atomic mass is 32.3. The van der Waals surface area contributed by atoms with Crippen LogP contribution >= 0.6 is 0 Å². The number of carbonyl (C=O) groups excluding carboxylic acids is 5. The van der Waals surface area contributed by atoms with Crippen molar-refractivity contribution < 1.29 is 251 Å². The van der Waals surface area contributed by atoms with E-state index in [1.165, 1.54) is 0 Å². The molecule has 0 unspecified atom stereocenters. The third kappa shape index (κ3) is 24.2. The highest BCUT2D eigenvalue weighted by molar-refractivity contribution is 7.81. The van der Waals surface area contributed by atoms with Crippen molar-refractivity contribution in [3.63, 3.8) is 0 Å². The Balaban J connectivity index is 1.06. The van der Waals surface area contributed by atoms with Crippen LogP contribution in [0.2, 0.25) is 0 Å². The van der Waals surface area contributed by atoms with Gasteiger partial charge in [-0.2, -0.15) is 16.8 Å². The summed E-state index contributed by atoms with van der Waals surface area (Å²) in [6.45, 7) is -6.29. The lowest BCUT2D eigenvalue weighted by Gasteiger charge is -2.51. The molecule has 9 fully saturated rings. The molecule has 9 aliphatic rings. The molecule has 29 N–H and O–H groups in total. The number of nitrogens with one attached hydrogen (secondary N) is 5. The lowest BCUT2D eigenvalue weighted by Crippen LogP contribution is -2.71. The molecule has 0 saturated carbocycles. The molecule has 0 spiro atoms. The SMILES string of the molecule is CC(=O)N[C@@H]1[C@@H](O)[C@H](O[C@@H]2O[C@H](CO)[C@@H](O[C@@H]3O[C@H](CO[C@H]4O[C@H](CO)[C@@H](O)[C@H](O)[C@@H]4O[C@@H]4O[C@H](CO)[C@@H](O[C@@H]5O[C@H](CO)[C@H](O)[C@H](OS(=O)(=O)O)[C@H]5O)[C@H](O)[C@H]4NC(C)=O)[C@@H](O)[C@H](O[C@H]4O[C@H](CO)[C@@H](O)[C@H](O)[C@@H]4O[C@@H]4O[C@H](CO)[C@@H](O[C@@H]5O[C@H](CO)[C@H](OS(=O)(=O)O)[C@H](O)[C@H]5NC(C)=O)[C@H](O)[C@H]4NC(C)=O)[C@@H]3O)[C@H](O)[C@H]2NC(C)=O)[C@@H](CO)O[C@H]1O. The van der Waals surface area contributed by atoms with Gasteiger partial charge in [-0.05, 0) is 0 Å². The lowest BCUT2D eigenvalue weighted by molar-refractivity contribution is -0.398. The van der Waals surface area contributed by atoms with Crippen molar-refractivity contribution in [1.82, 2.24) is 26.6 Å². The highest BCUT2D eigenvalue weighted by Gasteiger charge is 2.62. The minimum absolute atomic E-state index is 0.815. The fourth-order valence-corrected chi connectivity index (χ4v) is 16.4. The van der Waals surface area contributed by atoms with Crippen LogP contribution in [-0.2, 0) is 134 Å². The summed E-state index contributed by atoms with van der Waals surface area (Å²) in [5.41, 5.74) is 0. The van der Waals surface area contributed by atoms with Gasteiger partial charge in [-0.3, -0.25) is 33.1 Å². The lowest BCUT2D eigenvalue weighted by atomic mass is 9.93. The molecule has 0 aromatic rings. The van der Waals surface area contributed by atoms with Crippen molar-refractivity contribution in [1.29, 1.82) is 0 Å². The van der Waals surface area contributed by atoms with E-state index in [2.05, 4.69) is 35.0 Å². The minimum Gasteiger partial charge on any atom is -0.394 e. The van der Waals surface area contributed by atoms with E-state index in [1.807, 2.05) is 0 Å². The first-order valence-electron chi connectivity index (χ1n) is 37.9. The van der Waals surface area contributed by atoms with Crippen molar-refractivity contribution in [2.24, 2.45) is 0 Å². The number of rotatable bonds is 34. The molecule has 9 rings (SSSR count). The van der Waals surface area contributed by atoms with Gasteiger partial charge in [0.2, 0.25) is 29.5 Å². The molecule has 57 nitrogen and oxygen atoms in total. The van der Waals surface area contributed by atoms with Crippen LogP contribution in [0.4, 0.5) is 0 Å². The number of aliphatic hydroxyl groups is 22. The number of ether oxygens (including phenoxy) is 17. The number of hydrogen-bond acceptors (Lipinski definition) is 50. The Morgan fingerprint density at radius 2 is 0.496 bits per heavy atom. The number of carbonyl (C=O) groups is 5. The van der Waals surface area contributed by atoms with Gasteiger partial charge in [0.1, 0.15) is 219 Å². The van der Waals surface area contributed by atoms with Crippen LogP contribution in [0.1, 0.15) is 34.6 Å². The summed E-state index contributed by atoms with van der Waals surface area (Å²) in [5, 5.41) is 260. The van der Waals surface area contributed by atoms with Crippen LogP contribution in [-0.4, -0.2) is 503 Å². The van der Waals surface area contributed by atoms with Gasteiger partial charge in [0.25, 0.3) is 0 Å². The van der Waals surface area contributed by atoms with Gasteiger partial charge in [-0.1, -0.05) is 0 Å². The molecule has 9 saturated heterocycles.